The maximum Gasteiger partial charge on any atom is 0.421 e. The SMILES string of the molecule is Cc1noc(C)c1C(=O)N1CCCC(COc2ncccc2C(F)(F)F)C1. The van der Waals surface area contributed by atoms with Crippen molar-refractivity contribution >= 4 is 5.91 Å². The number of amides is 1. The number of hydrogen-bond acceptors (Lipinski definition) is 5. The summed E-state index contributed by atoms with van der Waals surface area (Å²) >= 11 is 0. The van der Waals surface area contributed by atoms with Crippen LogP contribution in [0.4, 0.5) is 13.2 Å². The summed E-state index contributed by atoms with van der Waals surface area (Å²) in [6, 6.07) is 2.16. The fraction of sp³-hybridized carbons (Fsp3) is 0.500. The van der Waals surface area contributed by atoms with Gasteiger partial charge in [-0.1, -0.05) is 5.16 Å². The molecule has 1 unspecified atom stereocenters. The Morgan fingerprint density at radius 3 is 2.85 bits per heavy atom. The molecule has 0 aromatic carbocycles. The quantitative estimate of drug-likeness (QED) is 0.806. The van der Waals surface area contributed by atoms with Crippen LogP contribution in [0.3, 0.4) is 0 Å². The van der Waals surface area contributed by atoms with Gasteiger partial charge in [0.15, 0.2) is 0 Å². The van der Waals surface area contributed by atoms with Gasteiger partial charge in [-0.25, -0.2) is 4.98 Å². The number of likely N-dealkylation sites (tertiary alicyclic amines) is 1. The molecule has 0 radical (unpaired) electrons. The Labute approximate surface area is 154 Å². The predicted octanol–water partition coefficient (Wildman–Crippen LogP) is 3.64. The summed E-state index contributed by atoms with van der Waals surface area (Å²) in [5, 5.41) is 3.80. The van der Waals surface area contributed by atoms with Gasteiger partial charge >= 0.3 is 6.18 Å². The lowest BCUT2D eigenvalue weighted by Crippen LogP contribution is -2.42. The van der Waals surface area contributed by atoms with E-state index in [0.29, 0.717) is 30.1 Å². The second kappa shape index (κ2) is 7.58. The van der Waals surface area contributed by atoms with E-state index in [1.165, 1.54) is 12.3 Å². The molecule has 1 amide bonds. The number of hydrogen-bond donors (Lipinski definition) is 0. The molecule has 1 atom stereocenters. The summed E-state index contributed by atoms with van der Waals surface area (Å²) in [5.41, 5.74) is 0.0734. The highest BCUT2D eigenvalue weighted by atomic mass is 19.4. The van der Waals surface area contributed by atoms with Crippen molar-refractivity contribution in [1.82, 2.24) is 15.0 Å². The first-order chi connectivity index (χ1) is 12.8. The fourth-order valence-corrected chi connectivity index (χ4v) is 3.25. The Morgan fingerprint density at radius 1 is 1.41 bits per heavy atom. The molecule has 0 saturated carbocycles. The van der Waals surface area contributed by atoms with E-state index >= 15 is 0 Å². The molecule has 0 N–H and O–H groups in total. The van der Waals surface area contributed by atoms with Crippen molar-refractivity contribution in [2.24, 2.45) is 5.92 Å². The standard InChI is InChI=1S/C18H20F3N3O3/c1-11-15(12(2)27-23-11)17(25)24-8-4-5-13(9-24)10-26-16-14(18(19,20)21)6-3-7-22-16/h3,6-7,13H,4-5,8-10H2,1-2H3. The summed E-state index contributed by atoms with van der Waals surface area (Å²) in [6.07, 6.45) is -1.75. The highest BCUT2D eigenvalue weighted by Crippen LogP contribution is 2.35. The first kappa shape index (κ1) is 19.2. The molecule has 6 nitrogen and oxygen atoms in total. The number of halogens is 3. The Morgan fingerprint density at radius 2 is 2.19 bits per heavy atom. The highest BCUT2D eigenvalue weighted by Gasteiger charge is 2.35. The van der Waals surface area contributed by atoms with Gasteiger partial charge < -0.3 is 14.2 Å². The molecular weight excluding hydrogens is 363 g/mol. The first-order valence-electron chi connectivity index (χ1n) is 8.64. The minimum atomic E-state index is -4.53. The maximum absolute atomic E-state index is 13.0. The van der Waals surface area contributed by atoms with E-state index in [4.69, 9.17) is 9.26 Å². The molecular formula is C18H20F3N3O3. The lowest BCUT2D eigenvalue weighted by atomic mass is 9.98. The molecule has 1 saturated heterocycles. The van der Waals surface area contributed by atoms with Crippen LogP contribution < -0.4 is 4.74 Å². The smallest absolute Gasteiger partial charge is 0.421 e. The van der Waals surface area contributed by atoms with Gasteiger partial charge in [-0.2, -0.15) is 13.2 Å². The molecule has 9 heteroatoms. The number of alkyl halides is 3. The summed E-state index contributed by atoms with van der Waals surface area (Å²) in [4.78, 5) is 18.1. The monoisotopic (exact) mass is 383 g/mol. The van der Waals surface area contributed by atoms with E-state index in [2.05, 4.69) is 10.1 Å². The minimum Gasteiger partial charge on any atom is -0.477 e. The average Bonchev–Trinajstić information content (AvgIpc) is 2.97. The summed E-state index contributed by atoms with van der Waals surface area (Å²) in [7, 11) is 0. The second-order valence-corrected chi connectivity index (χ2v) is 6.62. The normalized spacial score (nSPS) is 17.8. The van der Waals surface area contributed by atoms with Crippen molar-refractivity contribution in [3.63, 3.8) is 0 Å². The molecule has 0 aliphatic carbocycles. The number of ether oxygens (including phenoxy) is 1. The highest BCUT2D eigenvalue weighted by molar-refractivity contribution is 5.96. The molecule has 27 heavy (non-hydrogen) atoms. The van der Waals surface area contributed by atoms with Crippen molar-refractivity contribution in [3.05, 3.63) is 40.9 Å². The van der Waals surface area contributed by atoms with Crippen LogP contribution in [0, 0.1) is 19.8 Å². The number of carbonyl (C=O) groups excluding carboxylic acids is 1. The molecule has 1 aliphatic heterocycles. The number of pyridine rings is 1. The molecule has 1 fully saturated rings. The average molecular weight is 383 g/mol. The van der Waals surface area contributed by atoms with Gasteiger partial charge in [0, 0.05) is 25.2 Å². The van der Waals surface area contributed by atoms with Crippen LogP contribution in [-0.2, 0) is 6.18 Å². The van der Waals surface area contributed by atoms with Gasteiger partial charge in [-0.15, -0.1) is 0 Å². The molecule has 3 heterocycles. The van der Waals surface area contributed by atoms with Crippen LogP contribution >= 0.6 is 0 Å². The number of rotatable bonds is 4. The number of piperidine rings is 1. The zero-order valence-electron chi connectivity index (χ0n) is 15.0. The summed E-state index contributed by atoms with van der Waals surface area (Å²) < 4.78 is 49.5. The number of aromatic nitrogens is 2. The third-order valence-electron chi connectivity index (χ3n) is 4.59. The molecule has 3 rings (SSSR count). The van der Waals surface area contributed by atoms with Gasteiger partial charge in [-0.05, 0) is 38.8 Å². The van der Waals surface area contributed by atoms with Crippen LogP contribution in [0.1, 0.15) is 40.2 Å². The zero-order valence-corrected chi connectivity index (χ0v) is 15.0. The lowest BCUT2D eigenvalue weighted by Gasteiger charge is -2.32. The number of carbonyl (C=O) groups is 1. The Kier molecular flexibility index (Phi) is 5.38. The first-order valence-corrected chi connectivity index (χ1v) is 8.64. The van der Waals surface area contributed by atoms with E-state index in [1.807, 2.05) is 0 Å². The van der Waals surface area contributed by atoms with Crippen molar-refractivity contribution in [3.8, 4) is 5.88 Å². The summed E-state index contributed by atoms with van der Waals surface area (Å²) in [5.74, 6) is -0.227. The maximum atomic E-state index is 13.0. The van der Waals surface area contributed by atoms with E-state index in [9.17, 15) is 18.0 Å². The van der Waals surface area contributed by atoms with Crippen LogP contribution in [0.5, 0.6) is 5.88 Å². The van der Waals surface area contributed by atoms with Crippen LogP contribution in [0.2, 0.25) is 0 Å². The molecule has 0 bridgehead atoms. The number of nitrogens with zero attached hydrogens (tertiary/aromatic N) is 3. The second-order valence-electron chi connectivity index (χ2n) is 6.62. The van der Waals surface area contributed by atoms with E-state index < -0.39 is 17.6 Å². The lowest BCUT2D eigenvalue weighted by molar-refractivity contribution is -0.139. The predicted molar refractivity (Wildman–Crippen MR) is 89.3 cm³/mol. The van der Waals surface area contributed by atoms with Gasteiger partial charge in [0.2, 0.25) is 5.88 Å². The zero-order chi connectivity index (χ0) is 19.6. The van der Waals surface area contributed by atoms with Crippen LogP contribution in [0.25, 0.3) is 0 Å². The third-order valence-corrected chi connectivity index (χ3v) is 4.59. The topological polar surface area (TPSA) is 68.5 Å². The minimum absolute atomic E-state index is 0.0610. The molecule has 0 spiro atoms. The van der Waals surface area contributed by atoms with Crippen LogP contribution in [0.15, 0.2) is 22.9 Å². The van der Waals surface area contributed by atoms with Crippen LogP contribution in [-0.4, -0.2) is 40.6 Å². The molecule has 1 aliphatic rings. The van der Waals surface area contributed by atoms with E-state index in [-0.39, 0.29) is 18.4 Å². The molecule has 2 aromatic rings. The van der Waals surface area contributed by atoms with E-state index in [1.54, 1.807) is 18.7 Å². The Balaban J connectivity index is 1.65. The van der Waals surface area contributed by atoms with Gasteiger partial charge in [0.25, 0.3) is 5.91 Å². The molecule has 2 aromatic heterocycles. The van der Waals surface area contributed by atoms with Gasteiger partial charge in [0.1, 0.15) is 16.9 Å². The number of aryl methyl sites for hydroxylation is 2. The Bertz CT molecular complexity index is 800. The van der Waals surface area contributed by atoms with Crippen molar-refractivity contribution < 1.29 is 27.2 Å². The summed E-state index contributed by atoms with van der Waals surface area (Å²) in [6.45, 7) is 4.42. The van der Waals surface area contributed by atoms with Crippen molar-refractivity contribution in [2.45, 2.75) is 32.9 Å². The van der Waals surface area contributed by atoms with Crippen molar-refractivity contribution in [1.29, 1.82) is 0 Å². The van der Waals surface area contributed by atoms with Gasteiger partial charge in [-0.3, -0.25) is 4.79 Å². The Hall–Kier alpha value is -2.58. The molecule has 146 valence electrons. The fourth-order valence-electron chi connectivity index (χ4n) is 3.25. The van der Waals surface area contributed by atoms with Crippen molar-refractivity contribution in [2.75, 3.05) is 19.7 Å². The third kappa shape index (κ3) is 4.23. The van der Waals surface area contributed by atoms with E-state index in [0.717, 1.165) is 18.9 Å². The largest absolute Gasteiger partial charge is 0.477 e. The van der Waals surface area contributed by atoms with Gasteiger partial charge in [0.05, 0.1) is 12.3 Å².